The summed E-state index contributed by atoms with van der Waals surface area (Å²) in [6.45, 7) is 8.01. The summed E-state index contributed by atoms with van der Waals surface area (Å²) < 4.78 is 14.2. The Labute approximate surface area is 301 Å². The molecule has 0 spiro atoms. The monoisotopic (exact) mass is 710 g/mol. The van der Waals surface area contributed by atoms with Crippen molar-refractivity contribution in [1.29, 1.82) is 0 Å². The fourth-order valence-electron chi connectivity index (χ4n) is 6.41. The summed E-state index contributed by atoms with van der Waals surface area (Å²) in [4.78, 5) is 5.54. The molecular weight excluding hydrogens is 665 g/mol. The first kappa shape index (κ1) is 33.9. The zero-order chi connectivity index (χ0) is 32.7. The molecule has 0 radical (unpaired) electrons. The molecule has 0 aliphatic carbocycles. The molecule has 7 aromatic rings. The Bertz CT molecular complexity index is 1940. The highest BCUT2D eigenvalue weighted by Gasteiger charge is 2.13. The molecule has 250 valence electrons. The molecule has 0 atom stereocenters. The van der Waals surface area contributed by atoms with Gasteiger partial charge in [-0.2, -0.15) is 0 Å². The lowest BCUT2D eigenvalue weighted by Gasteiger charge is -2.05. The lowest BCUT2D eigenvalue weighted by molar-refractivity contribution is 0.127. The average molecular weight is 711 g/mol. The first-order valence-electron chi connectivity index (χ1n) is 17.8. The molecule has 6 heteroatoms. The van der Waals surface area contributed by atoms with Gasteiger partial charge in [0.05, 0.1) is 0 Å². The van der Waals surface area contributed by atoms with Gasteiger partial charge < -0.3 is 9.47 Å². The highest BCUT2D eigenvalue weighted by atomic mass is 32.1. The Hall–Kier alpha value is -2.58. The van der Waals surface area contributed by atoms with Gasteiger partial charge >= 0.3 is 0 Å². The van der Waals surface area contributed by atoms with Gasteiger partial charge in [-0.25, -0.2) is 0 Å². The van der Waals surface area contributed by atoms with E-state index in [-0.39, 0.29) is 0 Å². The minimum Gasteiger partial charge on any atom is -0.381 e. The second-order valence-corrected chi connectivity index (χ2v) is 17.0. The lowest BCUT2D eigenvalue weighted by Crippen LogP contribution is -1.97. The van der Waals surface area contributed by atoms with E-state index >= 15 is 0 Å². The number of aryl methyl sites for hydroxylation is 2. The van der Waals surface area contributed by atoms with E-state index in [0.29, 0.717) is 0 Å². The standard InChI is InChI=1S/C42H46O2S4/c1-3-5-15-43-17-9-7-11-29-19-39(45-27-29)41-25-33-21-35-31(23-37(33)47-41)13-14-32-24-38-34(22-36(32)35)26-42(48-38)40-20-30(28-46-40)12-8-10-18-44-16-6-4-2/h13-14,19-28H,3-12,15-18H2,1-2H3. The Morgan fingerprint density at radius 1 is 0.458 bits per heavy atom. The normalized spacial score (nSPS) is 12.0. The van der Waals surface area contributed by atoms with Gasteiger partial charge in [-0.05, 0) is 154 Å². The van der Waals surface area contributed by atoms with Crippen LogP contribution in [0.4, 0.5) is 0 Å². The molecule has 0 amide bonds. The van der Waals surface area contributed by atoms with Crippen molar-refractivity contribution in [3.8, 4) is 19.5 Å². The number of benzene rings is 3. The number of ether oxygens (including phenoxy) is 2. The van der Waals surface area contributed by atoms with Crippen molar-refractivity contribution in [2.75, 3.05) is 26.4 Å². The van der Waals surface area contributed by atoms with Gasteiger partial charge in [-0.15, -0.1) is 45.3 Å². The van der Waals surface area contributed by atoms with Gasteiger partial charge in [0.2, 0.25) is 0 Å². The van der Waals surface area contributed by atoms with E-state index in [9.17, 15) is 0 Å². The highest BCUT2D eigenvalue weighted by molar-refractivity contribution is 7.26. The van der Waals surface area contributed by atoms with E-state index in [1.54, 1.807) is 0 Å². The number of rotatable bonds is 18. The molecule has 0 unspecified atom stereocenters. The van der Waals surface area contributed by atoms with Gasteiger partial charge in [0.25, 0.3) is 0 Å². The maximum atomic E-state index is 5.75. The van der Waals surface area contributed by atoms with Crippen LogP contribution in [0.25, 0.3) is 61.2 Å². The van der Waals surface area contributed by atoms with Crippen LogP contribution in [-0.2, 0) is 22.3 Å². The molecule has 0 N–H and O–H groups in total. The topological polar surface area (TPSA) is 18.5 Å². The van der Waals surface area contributed by atoms with E-state index in [1.165, 1.54) is 111 Å². The maximum Gasteiger partial charge on any atom is 0.0466 e. The predicted octanol–water partition coefficient (Wildman–Crippen LogP) is 14.2. The van der Waals surface area contributed by atoms with Gasteiger partial charge in [-0.3, -0.25) is 0 Å². The summed E-state index contributed by atoms with van der Waals surface area (Å²) in [5.74, 6) is 0. The minimum absolute atomic E-state index is 0.889. The Morgan fingerprint density at radius 2 is 0.917 bits per heavy atom. The molecule has 3 aromatic carbocycles. The first-order chi connectivity index (χ1) is 23.7. The third-order valence-electron chi connectivity index (χ3n) is 9.20. The maximum absolute atomic E-state index is 5.75. The van der Waals surface area contributed by atoms with Crippen LogP contribution in [0.2, 0.25) is 0 Å². The summed E-state index contributed by atoms with van der Waals surface area (Å²) in [5, 5.41) is 12.7. The lowest BCUT2D eigenvalue weighted by atomic mass is 9.99. The largest absolute Gasteiger partial charge is 0.381 e. The van der Waals surface area contributed by atoms with Crippen molar-refractivity contribution in [1.82, 2.24) is 0 Å². The van der Waals surface area contributed by atoms with Crippen LogP contribution >= 0.6 is 45.3 Å². The van der Waals surface area contributed by atoms with E-state index in [1.807, 2.05) is 45.3 Å². The van der Waals surface area contributed by atoms with Gasteiger partial charge in [0, 0.05) is 55.3 Å². The van der Waals surface area contributed by atoms with Crippen LogP contribution in [0.5, 0.6) is 0 Å². The van der Waals surface area contributed by atoms with Gasteiger partial charge in [0.15, 0.2) is 0 Å². The number of fused-ring (bicyclic) bond motifs is 5. The quantitative estimate of drug-likeness (QED) is 0.0652. The Balaban J connectivity index is 1.05. The molecular formula is C42H46O2S4. The number of hydrogen-bond acceptors (Lipinski definition) is 6. The SMILES string of the molecule is CCCCOCCCCc1csc(-c2cc3cc4c(ccc5cc6sc(-c7cc(CCCCOCCCC)cs7)cc6cc54)cc3s2)c1. The molecule has 0 saturated carbocycles. The molecule has 7 rings (SSSR count). The summed E-state index contributed by atoms with van der Waals surface area (Å²) in [5.41, 5.74) is 2.91. The summed E-state index contributed by atoms with van der Waals surface area (Å²) in [7, 11) is 0. The number of thiophene rings is 4. The third-order valence-corrected chi connectivity index (χ3v) is 13.7. The number of hydrogen-bond donors (Lipinski definition) is 0. The molecule has 48 heavy (non-hydrogen) atoms. The van der Waals surface area contributed by atoms with Crippen molar-refractivity contribution in [3.05, 3.63) is 82.6 Å². The minimum atomic E-state index is 0.889. The zero-order valence-corrected chi connectivity index (χ0v) is 31.5. The first-order valence-corrected chi connectivity index (χ1v) is 21.2. The molecule has 0 bridgehead atoms. The molecule has 0 fully saturated rings. The highest BCUT2D eigenvalue weighted by Crippen LogP contribution is 2.42. The van der Waals surface area contributed by atoms with Crippen LogP contribution < -0.4 is 0 Å². The van der Waals surface area contributed by atoms with Crippen molar-refractivity contribution >= 4 is 87.1 Å². The summed E-state index contributed by atoms with van der Waals surface area (Å²) in [6.07, 6.45) is 11.7. The third kappa shape index (κ3) is 8.07. The van der Waals surface area contributed by atoms with Crippen molar-refractivity contribution < 1.29 is 9.47 Å². The van der Waals surface area contributed by atoms with E-state index in [2.05, 4.69) is 85.3 Å². The van der Waals surface area contributed by atoms with Crippen molar-refractivity contribution in [2.24, 2.45) is 0 Å². The average Bonchev–Trinajstić information content (AvgIpc) is 3.91. The van der Waals surface area contributed by atoms with Crippen molar-refractivity contribution in [2.45, 2.75) is 78.1 Å². The van der Waals surface area contributed by atoms with Crippen LogP contribution in [0.15, 0.2) is 71.4 Å². The molecule has 0 aliphatic heterocycles. The Morgan fingerprint density at radius 3 is 1.38 bits per heavy atom. The van der Waals surface area contributed by atoms with Gasteiger partial charge in [-0.1, -0.05) is 38.8 Å². The number of unbranched alkanes of at least 4 members (excludes halogenated alkanes) is 4. The Kier molecular flexibility index (Phi) is 11.6. The fourth-order valence-corrected chi connectivity index (χ4v) is 10.7. The van der Waals surface area contributed by atoms with E-state index < -0.39 is 0 Å². The van der Waals surface area contributed by atoms with E-state index in [4.69, 9.17) is 9.47 Å². The van der Waals surface area contributed by atoms with Gasteiger partial charge in [0.1, 0.15) is 0 Å². The molecule has 0 aliphatic rings. The molecule has 0 saturated heterocycles. The fraction of sp³-hybridized carbons (Fsp3) is 0.381. The molecule has 4 heterocycles. The molecule has 2 nitrogen and oxygen atoms in total. The van der Waals surface area contributed by atoms with Crippen molar-refractivity contribution in [3.63, 3.8) is 0 Å². The van der Waals surface area contributed by atoms with Crippen LogP contribution in [0.3, 0.4) is 0 Å². The summed E-state index contributed by atoms with van der Waals surface area (Å²) >= 11 is 7.63. The second-order valence-electron chi connectivity index (χ2n) is 13.0. The molecule has 4 aromatic heterocycles. The van der Waals surface area contributed by atoms with Crippen LogP contribution in [-0.4, -0.2) is 26.4 Å². The zero-order valence-electron chi connectivity index (χ0n) is 28.3. The second kappa shape index (κ2) is 16.4. The smallest absolute Gasteiger partial charge is 0.0466 e. The van der Waals surface area contributed by atoms with Crippen LogP contribution in [0.1, 0.15) is 76.3 Å². The predicted molar refractivity (Wildman–Crippen MR) is 216 cm³/mol. The van der Waals surface area contributed by atoms with E-state index in [0.717, 1.165) is 52.1 Å². The van der Waals surface area contributed by atoms with Crippen LogP contribution in [0, 0.1) is 0 Å². The summed E-state index contributed by atoms with van der Waals surface area (Å²) in [6, 6.07) is 23.9.